The number of rotatable bonds is 6. The van der Waals surface area contributed by atoms with Crippen molar-refractivity contribution in [2.45, 2.75) is 25.9 Å². The molecule has 0 aliphatic rings. The predicted molar refractivity (Wildman–Crippen MR) is 92.4 cm³/mol. The highest BCUT2D eigenvalue weighted by Crippen LogP contribution is 2.13. The first-order valence-electron chi connectivity index (χ1n) is 7.91. The lowest BCUT2D eigenvalue weighted by Crippen LogP contribution is -2.30. The fourth-order valence-electron chi connectivity index (χ4n) is 2.64. The van der Waals surface area contributed by atoms with Crippen LogP contribution in [0.5, 0.6) is 0 Å². The minimum atomic E-state index is 0.429. The third-order valence-corrected chi connectivity index (χ3v) is 4.09. The molecule has 2 aromatic heterocycles. The average Bonchev–Trinajstić information content (AvgIpc) is 3.10. The molecule has 1 unspecified atom stereocenters. The fourth-order valence-corrected chi connectivity index (χ4v) is 2.64. The molecule has 0 bridgehead atoms. The third-order valence-electron chi connectivity index (χ3n) is 4.09. The van der Waals surface area contributed by atoms with Crippen molar-refractivity contribution in [3.8, 4) is 5.69 Å². The van der Waals surface area contributed by atoms with Gasteiger partial charge >= 0.3 is 0 Å². The average molecular weight is 306 g/mol. The van der Waals surface area contributed by atoms with E-state index < -0.39 is 0 Å². The molecule has 2 heterocycles. The SMILES string of the molecule is CC(Cc1ccccn1)N(C)Cc1cccc(-n2cccn2)c1. The number of hydrogen-bond donors (Lipinski definition) is 0. The first-order chi connectivity index (χ1) is 11.2. The normalized spacial score (nSPS) is 12.5. The molecule has 0 N–H and O–H groups in total. The van der Waals surface area contributed by atoms with Crippen LogP contribution in [0.1, 0.15) is 18.2 Å². The Balaban J connectivity index is 1.65. The summed E-state index contributed by atoms with van der Waals surface area (Å²) in [6.07, 6.45) is 6.58. The summed E-state index contributed by atoms with van der Waals surface area (Å²) in [4.78, 5) is 6.78. The van der Waals surface area contributed by atoms with Gasteiger partial charge in [0.1, 0.15) is 0 Å². The molecular formula is C19H22N4. The number of benzene rings is 1. The summed E-state index contributed by atoms with van der Waals surface area (Å²) >= 11 is 0. The van der Waals surface area contributed by atoms with E-state index in [9.17, 15) is 0 Å². The number of hydrogen-bond acceptors (Lipinski definition) is 3. The van der Waals surface area contributed by atoms with Crippen molar-refractivity contribution < 1.29 is 0 Å². The molecule has 1 atom stereocenters. The quantitative estimate of drug-likeness (QED) is 0.700. The lowest BCUT2D eigenvalue weighted by molar-refractivity contribution is 0.247. The van der Waals surface area contributed by atoms with Crippen LogP contribution < -0.4 is 0 Å². The highest BCUT2D eigenvalue weighted by Gasteiger charge is 2.11. The minimum absolute atomic E-state index is 0.429. The molecule has 0 saturated carbocycles. The summed E-state index contributed by atoms with van der Waals surface area (Å²) in [5.41, 5.74) is 3.52. The molecule has 0 aliphatic carbocycles. The van der Waals surface area contributed by atoms with Crippen molar-refractivity contribution in [1.29, 1.82) is 0 Å². The Kier molecular flexibility index (Phi) is 4.83. The second-order valence-corrected chi connectivity index (χ2v) is 5.91. The van der Waals surface area contributed by atoms with Gasteiger partial charge in [0.05, 0.1) is 5.69 Å². The monoisotopic (exact) mass is 306 g/mol. The maximum atomic E-state index is 4.42. The summed E-state index contributed by atoms with van der Waals surface area (Å²) in [5, 5.41) is 4.29. The van der Waals surface area contributed by atoms with Crippen LogP contribution in [-0.2, 0) is 13.0 Å². The molecule has 1 aromatic carbocycles. The second-order valence-electron chi connectivity index (χ2n) is 5.91. The zero-order chi connectivity index (χ0) is 16.1. The lowest BCUT2D eigenvalue weighted by atomic mass is 10.1. The Morgan fingerprint density at radius 3 is 2.74 bits per heavy atom. The van der Waals surface area contributed by atoms with Crippen LogP contribution in [0, 0.1) is 0 Å². The van der Waals surface area contributed by atoms with E-state index in [1.165, 1.54) is 5.56 Å². The smallest absolute Gasteiger partial charge is 0.0648 e. The Hall–Kier alpha value is -2.46. The number of aromatic nitrogens is 3. The second kappa shape index (κ2) is 7.20. The van der Waals surface area contributed by atoms with E-state index in [1.807, 2.05) is 35.3 Å². The zero-order valence-corrected chi connectivity index (χ0v) is 13.6. The largest absolute Gasteiger partial charge is 0.299 e. The number of likely N-dealkylation sites (N-methyl/N-ethyl adjacent to an activating group) is 1. The Morgan fingerprint density at radius 1 is 1.09 bits per heavy atom. The summed E-state index contributed by atoms with van der Waals surface area (Å²) in [6, 6.07) is 17.0. The summed E-state index contributed by atoms with van der Waals surface area (Å²) in [6.45, 7) is 3.15. The molecule has 4 heteroatoms. The molecule has 3 aromatic rings. The molecule has 0 aliphatic heterocycles. The molecule has 3 rings (SSSR count). The molecule has 0 saturated heterocycles. The number of pyridine rings is 1. The molecule has 0 amide bonds. The van der Waals surface area contributed by atoms with Gasteiger partial charge in [0.2, 0.25) is 0 Å². The van der Waals surface area contributed by atoms with Crippen molar-refractivity contribution in [1.82, 2.24) is 19.7 Å². The van der Waals surface area contributed by atoms with E-state index in [4.69, 9.17) is 0 Å². The molecule has 0 fully saturated rings. The first-order valence-corrected chi connectivity index (χ1v) is 7.91. The molecule has 0 spiro atoms. The van der Waals surface area contributed by atoms with Crippen molar-refractivity contribution in [3.05, 3.63) is 78.4 Å². The zero-order valence-electron chi connectivity index (χ0n) is 13.6. The highest BCUT2D eigenvalue weighted by molar-refractivity contribution is 5.35. The van der Waals surface area contributed by atoms with E-state index >= 15 is 0 Å². The summed E-state index contributed by atoms with van der Waals surface area (Å²) < 4.78 is 1.89. The Bertz CT molecular complexity index is 722. The van der Waals surface area contributed by atoms with Gasteiger partial charge in [-0.1, -0.05) is 18.2 Å². The fraction of sp³-hybridized carbons (Fsp3) is 0.263. The minimum Gasteiger partial charge on any atom is -0.299 e. The molecule has 0 radical (unpaired) electrons. The van der Waals surface area contributed by atoms with E-state index in [0.717, 1.165) is 24.3 Å². The summed E-state index contributed by atoms with van der Waals surface area (Å²) in [5.74, 6) is 0. The van der Waals surface area contributed by atoms with Crippen molar-refractivity contribution in [2.75, 3.05) is 7.05 Å². The summed E-state index contributed by atoms with van der Waals surface area (Å²) in [7, 11) is 2.16. The van der Waals surface area contributed by atoms with Crippen LogP contribution in [0.3, 0.4) is 0 Å². The van der Waals surface area contributed by atoms with Gasteiger partial charge in [-0.2, -0.15) is 5.10 Å². The van der Waals surface area contributed by atoms with Gasteiger partial charge in [-0.3, -0.25) is 9.88 Å². The third kappa shape index (κ3) is 4.05. The molecular weight excluding hydrogens is 284 g/mol. The first kappa shape index (κ1) is 15.4. The van der Waals surface area contributed by atoms with Gasteiger partial charge in [-0.25, -0.2) is 4.68 Å². The van der Waals surface area contributed by atoms with Gasteiger partial charge in [-0.05, 0) is 49.9 Å². The predicted octanol–water partition coefficient (Wildman–Crippen LogP) is 3.33. The van der Waals surface area contributed by atoms with Gasteiger partial charge in [0, 0.05) is 43.3 Å². The van der Waals surface area contributed by atoms with Crippen LogP contribution in [0.4, 0.5) is 0 Å². The van der Waals surface area contributed by atoms with Crippen LogP contribution >= 0.6 is 0 Å². The maximum Gasteiger partial charge on any atom is 0.0648 e. The van der Waals surface area contributed by atoms with Crippen LogP contribution in [0.25, 0.3) is 5.69 Å². The molecule has 4 nitrogen and oxygen atoms in total. The van der Waals surface area contributed by atoms with Crippen molar-refractivity contribution in [3.63, 3.8) is 0 Å². The van der Waals surface area contributed by atoms with E-state index in [0.29, 0.717) is 6.04 Å². The van der Waals surface area contributed by atoms with Crippen LogP contribution in [-0.4, -0.2) is 32.8 Å². The molecule has 118 valence electrons. The maximum absolute atomic E-state index is 4.42. The van der Waals surface area contributed by atoms with E-state index in [2.05, 4.69) is 59.3 Å². The lowest BCUT2D eigenvalue weighted by Gasteiger charge is -2.24. The Labute approximate surface area is 137 Å². The van der Waals surface area contributed by atoms with Crippen molar-refractivity contribution >= 4 is 0 Å². The van der Waals surface area contributed by atoms with E-state index in [1.54, 1.807) is 6.20 Å². The van der Waals surface area contributed by atoms with Gasteiger partial charge < -0.3 is 0 Å². The van der Waals surface area contributed by atoms with Crippen LogP contribution in [0.15, 0.2) is 67.1 Å². The van der Waals surface area contributed by atoms with Gasteiger partial charge in [-0.15, -0.1) is 0 Å². The van der Waals surface area contributed by atoms with Crippen molar-refractivity contribution in [2.24, 2.45) is 0 Å². The highest BCUT2D eigenvalue weighted by atomic mass is 15.3. The van der Waals surface area contributed by atoms with Crippen LogP contribution in [0.2, 0.25) is 0 Å². The van der Waals surface area contributed by atoms with Gasteiger partial charge in [0.25, 0.3) is 0 Å². The van der Waals surface area contributed by atoms with Gasteiger partial charge in [0.15, 0.2) is 0 Å². The molecule has 23 heavy (non-hydrogen) atoms. The number of nitrogens with zero attached hydrogens (tertiary/aromatic N) is 4. The van der Waals surface area contributed by atoms with E-state index in [-0.39, 0.29) is 0 Å². The topological polar surface area (TPSA) is 34.0 Å². The Morgan fingerprint density at radius 2 is 2.00 bits per heavy atom. The standard InChI is InChI=1S/C19H22N4/c1-16(13-18-8-3-4-10-20-18)22(2)15-17-7-5-9-19(14-17)23-12-6-11-21-23/h3-12,14,16H,13,15H2,1-2H3.